The van der Waals surface area contributed by atoms with Gasteiger partial charge in [-0.2, -0.15) is 26.3 Å². The second-order valence-electron chi connectivity index (χ2n) is 16.7. The van der Waals surface area contributed by atoms with E-state index in [1.54, 1.807) is 36.2 Å². The molecule has 1 aliphatic heterocycles. The van der Waals surface area contributed by atoms with Crippen molar-refractivity contribution in [3.05, 3.63) is 117 Å². The second kappa shape index (κ2) is 28.3. The van der Waals surface area contributed by atoms with Crippen molar-refractivity contribution in [2.45, 2.75) is 69.6 Å². The van der Waals surface area contributed by atoms with Gasteiger partial charge in [0.25, 0.3) is 0 Å². The molecular weight excluding hydrogens is 1030 g/mol. The molecule has 18 nitrogen and oxygen atoms in total. The molecule has 4 aromatic carbocycles. The number of amides is 3. The number of aliphatic hydroxyl groups is 1. The molecule has 0 bridgehead atoms. The zero-order chi connectivity index (χ0) is 55.5. The smallest absolute Gasteiger partial charge is 0.490 e. The predicted octanol–water partition coefficient (Wildman–Crippen LogP) is 8.32. The van der Waals surface area contributed by atoms with E-state index in [1.165, 1.54) is 19.2 Å². The summed E-state index contributed by atoms with van der Waals surface area (Å²) in [6.45, 7) is 3.07. The number of pyridine rings is 1. The number of halogens is 7. The number of ether oxygens (including phenoxy) is 2. The van der Waals surface area contributed by atoms with Gasteiger partial charge < -0.3 is 55.3 Å². The Morgan fingerprint density at radius 1 is 0.840 bits per heavy atom. The normalized spacial score (nSPS) is 13.3. The number of phenolic OH excluding ortho intramolecular Hbond substituents is 1. The molecular formula is C50H55ClF6N6O12. The molecule has 2 heterocycles. The number of H-pyrrole nitrogens is 1. The lowest BCUT2D eigenvalue weighted by atomic mass is 10.0. The number of carbonyl (C=O) groups is 5. The van der Waals surface area contributed by atoms with Gasteiger partial charge in [0.1, 0.15) is 17.6 Å². The lowest BCUT2D eigenvalue weighted by Gasteiger charge is -2.31. The van der Waals surface area contributed by atoms with Gasteiger partial charge in [-0.1, -0.05) is 66.2 Å². The van der Waals surface area contributed by atoms with Crippen LogP contribution in [-0.2, 0) is 30.5 Å². The summed E-state index contributed by atoms with van der Waals surface area (Å²) in [5.74, 6) is -5.28. The molecule has 1 saturated heterocycles. The minimum absolute atomic E-state index is 0.0358. The maximum Gasteiger partial charge on any atom is 0.490 e. The highest BCUT2D eigenvalue weighted by Gasteiger charge is 2.39. The highest BCUT2D eigenvalue weighted by atomic mass is 35.5. The molecule has 8 N–H and O–H groups in total. The van der Waals surface area contributed by atoms with Gasteiger partial charge in [0.15, 0.2) is 0 Å². The van der Waals surface area contributed by atoms with Gasteiger partial charge in [-0.15, -0.1) is 0 Å². The van der Waals surface area contributed by atoms with Gasteiger partial charge >= 0.3 is 30.4 Å². The average molecular weight is 1080 g/mol. The van der Waals surface area contributed by atoms with E-state index in [0.29, 0.717) is 90.4 Å². The number of phenols is 1. The van der Waals surface area contributed by atoms with Gasteiger partial charge in [0, 0.05) is 87.8 Å². The first-order valence-electron chi connectivity index (χ1n) is 23.0. The first-order valence-corrected chi connectivity index (χ1v) is 23.3. The number of benzene rings is 4. The summed E-state index contributed by atoms with van der Waals surface area (Å²) in [4.78, 5) is 74.6. The molecule has 0 aliphatic carbocycles. The van der Waals surface area contributed by atoms with Crippen molar-refractivity contribution in [3.63, 3.8) is 0 Å². The van der Waals surface area contributed by atoms with Crippen LogP contribution in [0.15, 0.2) is 95.8 Å². The van der Waals surface area contributed by atoms with Crippen molar-refractivity contribution in [1.29, 1.82) is 0 Å². The number of nitrogens with one attached hydrogen (secondary N) is 4. The van der Waals surface area contributed by atoms with E-state index in [9.17, 15) is 55.7 Å². The summed E-state index contributed by atoms with van der Waals surface area (Å²) in [6, 6.07) is 26.8. The number of rotatable bonds is 18. The van der Waals surface area contributed by atoms with Crippen molar-refractivity contribution in [3.8, 4) is 22.6 Å². The standard InChI is InChI=1S/C46H53ClN6O8.2C2HF3O2/c1-52(44(58)21-25-53-23-19-32(20-24-53)61-46(59)50-37-13-7-6-12-33(37)30-10-4-3-5-11-30)22-9-8-14-42(56)49-38-27-41(60-2)31(26-36(38)47)28-48-29-40(55)34-15-17-39(54)45-35(34)16-18-43(57)51-45;2*3-2(4,5)1(6)7/h3-7,10-13,15-18,26-27,32,40,48,54-55H,8-9,14,19-25,28-29H2,1-2H3,(H,49,56)(H,50,59)(H,51,57);2*(H,6,7)/t40-;;/m0../s1. The zero-order valence-corrected chi connectivity index (χ0v) is 41.2. The molecule has 3 amide bonds. The molecule has 1 fully saturated rings. The van der Waals surface area contributed by atoms with Crippen LogP contribution in [0.5, 0.6) is 11.5 Å². The van der Waals surface area contributed by atoms with Gasteiger partial charge in [-0.3, -0.25) is 19.7 Å². The molecule has 75 heavy (non-hydrogen) atoms. The Kier molecular flexibility index (Phi) is 22.7. The number of aliphatic hydroxyl groups excluding tert-OH is 1. The van der Waals surface area contributed by atoms with Crippen LogP contribution in [-0.4, -0.2) is 130 Å². The maximum absolute atomic E-state index is 12.9. The number of unbranched alkanes of at least 4 members (excludes halogenated alkanes) is 1. The Morgan fingerprint density at radius 2 is 1.47 bits per heavy atom. The SMILES string of the molecule is COc1cc(NC(=O)CCCCN(C)C(=O)CCN2CCC(OC(=O)Nc3ccccc3-c3ccccc3)CC2)c(Cl)cc1CNC[C@H](O)c1ccc(O)c2[nH]c(=O)ccc12.O=C(O)C(F)(F)F.O=C(O)C(F)(F)F. The van der Waals surface area contributed by atoms with Crippen LogP contribution in [0.2, 0.25) is 5.02 Å². The number of aliphatic carboxylic acids is 2. The molecule has 6 rings (SSSR count). The number of hydrogen-bond donors (Lipinski definition) is 8. The Labute approximate surface area is 430 Å². The predicted molar refractivity (Wildman–Crippen MR) is 264 cm³/mol. The molecule has 1 aromatic heterocycles. The maximum atomic E-state index is 12.9. The number of aromatic hydroxyl groups is 1. The van der Waals surface area contributed by atoms with Crippen LogP contribution < -0.4 is 26.2 Å². The minimum Gasteiger partial charge on any atom is -0.506 e. The Hall–Kier alpha value is -7.41. The fourth-order valence-electron chi connectivity index (χ4n) is 7.44. The Morgan fingerprint density at radius 3 is 2.09 bits per heavy atom. The molecule has 0 saturated carbocycles. The summed E-state index contributed by atoms with van der Waals surface area (Å²) in [7, 11) is 3.29. The molecule has 0 radical (unpaired) electrons. The number of hydrogen-bond acceptors (Lipinski definition) is 12. The third kappa shape index (κ3) is 19.4. The third-order valence-corrected chi connectivity index (χ3v) is 11.6. The second-order valence-corrected chi connectivity index (χ2v) is 17.1. The van der Waals surface area contributed by atoms with Crippen molar-refractivity contribution in [2.24, 2.45) is 0 Å². The van der Waals surface area contributed by atoms with E-state index in [1.807, 2.05) is 54.6 Å². The number of para-hydroxylation sites is 1. The molecule has 0 spiro atoms. The highest BCUT2D eigenvalue weighted by Crippen LogP contribution is 2.33. The number of carboxylic acids is 2. The first-order chi connectivity index (χ1) is 35.4. The summed E-state index contributed by atoms with van der Waals surface area (Å²) < 4.78 is 74.8. The fourth-order valence-corrected chi connectivity index (χ4v) is 7.67. The molecule has 5 aromatic rings. The van der Waals surface area contributed by atoms with Crippen LogP contribution in [0.25, 0.3) is 22.0 Å². The Balaban J connectivity index is 0.000000763. The van der Waals surface area contributed by atoms with E-state index in [2.05, 4.69) is 25.8 Å². The molecule has 1 aliphatic rings. The van der Waals surface area contributed by atoms with E-state index in [4.69, 9.17) is 40.9 Å². The summed E-state index contributed by atoms with van der Waals surface area (Å²) in [5, 5.41) is 45.1. The number of likely N-dealkylation sites (tertiary alicyclic amines) is 1. The molecule has 25 heteroatoms. The first kappa shape index (κ1) is 60.1. The number of methoxy groups -OCH3 is 1. The lowest BCUT2D eigenvalue weighted by Crippen LogP contribution is -2.40. The average Bonchev–Trinajstić information content (AvgIpc) is 3.36. The third-order valence-electron chi connectivity index (χ3n) is 11.3. The van der Waals surface area contributed by atoms with Crippen LogP contribution in [0.1, 0.15) is 55.8 Å². The number of carbonyl (C=O) groups excluding carboxylic acids is 3. The van der Waals surface area contributed by atoms with Crippen molar-refractivity contribution < 1.29 is 80.2 Å². The minimum atomic E-state index is -5.08. The monoisotopic (exact) mass is 1080 g/mol. The number of aromatic amines is 1. The van der Waals surface area contributed by atoms with Gasteiger partial charge in [-0.25, -0.2) is 14.4 Å². The number of fused-ring (bicyclic) bond motifs is 1. The highest BCUT2D eigenvalue weighted by molar-refractivity contribution is 6.33. The molecule has 406 valence electrons. The zero-order valence-electron chi connectivity index (χ0n) is 40.4. The number of piperidine rings is 1. The van der Waals surface area contributed by atoms with E-state index in [-0.39, 0.29) is 47.7 Å². The summed E-state index contributed by atoms with van der Waals surface area (Å²) in [5.41, 5.74) is 4.19. The van der Waals surface area contributed by atoms with Crippen molar-refractivity contribution in [2.75, 3.05) is 57.5 Å². The van der Waals surface area contributed by atoms with Crippen molar-refractivity contribution >= 4 is 63.7 Å². The van der Waals surface area contributed by atoms with Crippen LogP contribution >= 0.6 is 11.6 Å². The molecule has 0 unspecified atom stereocenters. The van der Waals surface area contributed by atoms with Crippen molar-refractivity contribution in [1.82, 2.24) is 20.1 Å². The van der Waals surface area contributed by atoms with E-state index < -0.39 is 36.5 Å². The van der Waals surface area contributed by atoms with Crippen LogP contribution in [0, 0.1) is 0 Å². The number of anilines is 2. The van der Waals surface area contributed by atoms with E-state index in [0.717, 1.165) is 24.2 Å². The van der Waals surface area contributed by atoms with E-state index >= 15 is 0 Å². The summed E-state index contributed by atoms with van der Waals surface area (Å²) in [6.07, 6.45) is -8.54. The molecule has 1 atom stereocenters. The number of nitrogens with zero attached hydrogens (tertiary/aromatic N) is 2. The topological polar surface area (TPSA) is 260 Å². The van der Waals surface area contributed by atoms with Crippen LogP contribution in [0.4, 0.5) is 42.5 Å². The van der Waals surface area contributed by atoms with Crippen LogP contribution in [0.3, 0.4) is 0 Å². The number of carboxylic acid groups (broad SMARTS) is 2. The number of alkyl halides is 6. The van der Waals surface area contributed by atoms with Gasteiger partial charge in [0.05, 0.1) is 35.1 Å². The lowest BCUT2D eigenvalue weighted by molar-refractivity contribution is -0.193. The quantitative estimate of drug-likeness (QED) is 0.0303. The summed E-state index contributed by atoms with van der Waals surface area (Å²) >= 11 is 6.56. The fraction of sp³-hybridized carbons (Fsp3) is 0.360. The largest absolute Gasteiger partial charge is 0.506 e. The van der Waals surface area contributed by atoms with Gasteiger partial charge in [-0.05, 0) is 61.1 Å². The number of aromatic nitrogens is 1. The Bertz CT molecular complexity index is 2770. The van der Waals surface area contributed by atoms with Gasteiger partial charge in [0.2, 0.25) is 17.4 Å².